The van der Waals surface area contributed by atoms with Crippen LogP contribution in [-0.4, -0.2) is 31.5 Å². The van der Waals surface area contributed by atoms with Gasteiger partial charge < -0.3 is 9.47 Å². The van der Waals surface area contributed by atoms with Gasteiger partial charge in [0.25, 0.3) is 0 Å². The highest BCUT2D eigenvalue weighted by Crippen LogP contribution is 2.31. The molecule has 1 aliphatic rings. The molecule has 1 fully saturated rings. The highest BCUT2D eigenvalue weighted by atomic mass is 32.2. The van der Waals surface area contributed by atoms with Gasteiger partial charge in [0.2, 0.25) is 0 Å². The van der Waals surface area contributed by atoms with Crippen LogP contribution in [0.4, 0.5) is 0 Å². The maximum atomic E-state index is 5.59. The molecule has 78 valence electrons. The van der Waals surface area contributed by atoms with E-state index in [9.17, 15) is 0 Å². The first-order chi connectivity index (χ1) is 6.33. The van der Waals surface area contributed by atoms with Crippen molar-refractivity contribution < 1.29 is 9.47 Å². The normalized spacial score (nSPS) is 21.7. The van der Waals surface area contributed by atoms with E-state index in [-0.39, 0.29) is 5.60 Å². The third-order valence-electron chi connectivity index (χ3n) is 2.76. The van der Waals surface area contributed by atoms with Crippen molar-refractivity contribution in [3.63, 3.8) is 0 Å². The third kappa shape index (κ3) is 3.49. The lowest BCUT2D eigenvalue weighted by Gasteiger charge is -2.35. The first-order valence-corrected chi connectivity index (χ1v) is 6.34. The number of methoxy groups -OCH3 is 1. The summed E-state index contributed by atoms with van der Waals surface area (Å²) < 4.78 is 11.1. The minimum Gasteiger partial charge on any atom is -0.376 e. The van der Waals surface area contributed by atoms with Gasteiger partial charge in [0.05, 0.1) is 18.1 Å². The Balaban J connectivity index is 2.29. The number of ether oxygens (including phenoxy) is 2. The lowest BCUT2D eigenvalue weighted by Crippen LogP contribution is -2.38. The van der Waals surface area contributed by atoms with Crippen LogP contribution in [0.5, 0.6) is 0 Å². The fraction of sp³-hybridized carbons (Fsp3) is 1.00. The molecule has 0 aromatic heterocycles. The van der Waals surface area contributed by atoms with Crippen molar-refractivity contribution in [3.8, 4) is 0 Å². The van der Waals surface area contributed by atoms with Gasteiger partial charge in [0.15, 0.2) is 0 Å². The number of thioether (sulfide) groups is 1. The summed E-state index contributed by atoms with van der Waals surface area (Å²) in [6.07, 6.45) is 8.32. The van der Waals surface area contributed by atoms with Gasteiger partial charge in [-0.05, 0) is 19.1 Å². The summed E-state index contributed by atoms with van der Waals surface area (Å²) in [5.74, 6) is 0.783. The molecule has 3 heteroatoms. The molecule has 0 atom stereocenters. The van der Waals surface area contributed by atoms with Gasteiger partial charge in [-0.15, -0.1) is 11.8 Å². The summed E-state index contributed by atoms with van der Waals surface area (Å²) in [4.78, 5) is 0. The standard InChI is InChI=1S/C10H20O2S/c1-11-10(8-12-9-13-2)6-4-3-5-7-10/h3-9H2,1-2H3. The lowest BCUT2D eigenvalue weighted by atomic mass is 9.85. The van der Waals surface area contributed by atoms with Gasteiger partial charge >= 0.3 is 0 Å². The van der Waals surface area contributed by atoms with E-state index in [1.165, 1.54) is 19.3 Å². The van der Waals surface area contributed by atoms with Crippen molar-refractivity contribution in [1.29, 1.82) is 0 Å². The second-order valence-corrected chi connectivity index (χ2v) is 4.52. The van der Waals surface area contributed by atoms with E-state index in [1.807, 2.05) is 7.11 Å². The molecular formula is C10H20O2S. The molecule has 0 spiro atoms. The van der Waals surface area contributed by atoms with Gasteiger partial charge in [0, 0.05) is 7.11 Å². The van der Waals surface area contributed by atoms with E-state index in [0.717, 1.165) is 25.4 Å². The smallest absolute Gasteiger partial charge is 0.0919 e. The molecule has 1 saturated carbocycles. The van der Waals surface area contributed by atoms with E-state index in [0.29, 0.717) is 0 Å². The van der Waals surface area contributed by atoms with E-state index in [4.69, 9.17) is 9.47 Å². The summed E-state index contributed by atoms with van der Waals surface area (Å²) in [7, 11) is 1.81. The Morgan fingerprint density at radius 3 is 2.46 bits per heavy atom. The average Bonchev–Trinajstić information content (AvgIpc) is 2.20. The van der Waals surface area contributed by atoms with E-state index in [2.05, 4.69) is 6.26 Å². The van der Waals surface area contributed by atoms with Gasteiger partial charge in [-0.3, -0.25) is 0 Å². The maximum Gasteiger partial charge on any atom is 0.0919 e. The molecule has 0 unspecified atom stereocenters. The average molecular weight is 204 g/mol. The van der Waals surface area contributed by atoms with Crippen LogP contribution in [-0.2, 0) is 9.47 Å². The second-order valence-electron chi connectivity index (χ2n) is 3.70. The SMILES string of the molecule is COC1(COCSC)CCCCC1. The Kier molecular flexibility index (Phi) is 5.14. The molecule has 0 bridgehead atoms. The molecule has 0 N–H and O–H groups in total. The molecule has 0 aromatic carbocycles. The zero-order valence-electron chi connectivity index (χ0n) is 8.67. The minimum atomic E-state index is 0.0357. The molecule has 0 saturated heterocycles. The van der Waals surface area contributed by atoms with E-state index in [1.54, 1.807) is 11.8 Å². The molecule has 0 aromatic rings. The summed E-state index contributed by atoms with van der Waals surface area (Å²) in [6.45, 7) is 0.768. The summed E-state index contributed by atoms with van der Waals surface area (Å²) in [6, 6.07) is 0. The van der Waals surface area contributed by atoms with Crippen molar-refractivity contribution in [2.45, 2.75) is 37.7 Å². The van der Waals surface area contributed by atoms with Gasteiger partial charge in [0.1, 0.15) is 0 Å². The van der Waals surface area contributed by atoms with Gasteiger partial charge in [-0.25, -0.2) is 0 Å². The Morgan fingerprint density at radius 1 is 1.23 bits per heavy atom. The molecule has 0 radical (unpaired) electrons. The number of rotatable bonds is 5. The predicted molar refractivity (Wildman–Crippen MR) is 57.2 cm³/mol. The second kappa shape index (κ2) is 5.89. The van der Waals surface area contributed by atoms with Crippen LogP contribution < -0.4 is 0 Å². The Hall–Kier alpha value is 0.270. The zero-order valence-corrected chi connectivity index (χ0v) is 9.49. The maximum absolute atomic E-state index is 5.59. The van der Waals surface area contributed by atoms with E-state index >= 15 is 0 Å². The van der Waals surface area contributed by atoms with Crippen molar-refractivity contribution in [3.05, 3.63) is 0 Å². The molecule has 1 aliphatic carbocycles. The third-order valence-corrected chi connectivity index (χ3v) is 3.17. The van der Waals surface area contributed by atoms with Crippen LogP contribution in [0.25, 0.3) is 0 Å². The van der Waals surface area contributed by atoms with E-state index < -0.39 is 0 Å². The van der Waals surface area contributed by atoms with Crippen molar-refractivity contribution in [1.82, 2.24) is 0 Å². The number of hydrogen-bond acceptors (Lipinski definition) is 3. The molecule has 0 amide bonds. The van der Waals surface area contributed by atoms with Crippen molar-refractivity contribution in [2.75, 3.05) is 25.9 Å². The molecule has 0 aliphatic heterocycles. The van der Waals surface area contributed by atoms with Crippen molar-refractivity contribution in [2.24, 2.45) is 0 Å². The topological polar surface area (TPSA) is 18.5 Å². The quantitative estimate of drug-likeness (QED) is 0.507. The van der Waals surface area contributed by atoms with Gasteiger partial charge in [-0.2, -0.15) is 0 Å². The number of hydrogen-bond donors (Lipinski definition) is 0. The zero-order chi connectivity index (χ0) is 9.57. The molecule has 1 rings (SSSR count). The van der Waals surface area contributed by atoms with Crippen LogP contribution >= 0.6 is 11.8 Å². The van der Waals surface area contributed by atoms with Crippen molar-refractivity contribution >= 4 is 11.8 Å². The molecule has 0 heterocycles. The summed E-state index contributed by atoms with van der Waals surface area (Å²) in [5.41, 5.74) is 0.0357. The Morgan fingerprint density at radius 2 is 1.92 bits per heavy atom. The molecular weight excluding hydrogens is 184 g/mol. The highest BCUT2D eigenvalue weighted by molar-refractivity contribution is 7.98. The molecule has 13 heavy (non-hydrogen) atoms. The monoisotopic (exact) mass is 204 g/mol. The van der Waals surface area contributed by atoms with Crippen LogP contribution in [0.3, 0.4) is 0 Å². The van der Waals surface area contributed by atoms with Gasteiger partial charge in [-0.1, -0.05) is 19.3 Å². The predicted octanol–water partition coefficient (Wildman–Crippen LogP) is 2.67. The van der Waals surface area contributed by atoms with Crippen LogP contribution in [0, 0.1) is 0 Å². The minimum absolute atomic E-state index is 0.0357. The first kappa shape index (κ1) is 11.3. The lowest BCUT2D eigenvalue weighted by molar-refractivity contribution is -0.0881. The summed E-state index contributed by atoms with van der Waals surface area (Å²) in [5, 5.41) is 0. The summed E-state index contributed by atoms with van der Waals surface area (Å²) >= 11 is 1.72. The fourth-order valence-corrected chi connectivity index (χ4v) is 2.16. The van der Waals surface area contributed by atoms with Crippen LogP contribution in [0.15, 0.2) is 0 Å². The Labute approximate surface area is 85.4 Å². The first-order valence-electron chi connectivity index (χ1n) is 4.95. The largest absolute Gasteiger partial charge is 0.376 e. The highest BCUT2D eigenvalue weighted by Gasteiger charge is 2.31. The molecule has 2 nitrogen and oxygen atoms in total. The van der Waals surface area contributed by atoms with Crippen LogP contribution in [0.1, 0.15) is 32.1 Å². The van der Waals surface area contributed by atoms with Crippen LogP contribution in [0.2, 0.25) is 0 Å². The fourth-order valence-electron chi connectivity index (χ4n) is 1.91. The Bertz CT molecular complexity index is 133.